The molecule has 1 aliphatic carbocycles. The van der Waals surface area contributed by atoms with Crippen molar-refractivity contribution < 1.29 is 14.3 Å². The molecule has 0 unspecified atom stereocenters. The second-order valence-corrected chi connectivity index (χ2v) is 9.11. The number of benzene rings is 2. The van der Waals surface area contributed by atoms with Gasteiger partial charge in [0.25, 0.3) is 5.91 Å². The lowest BCUT2D eigenvalue weighted by Gasteiger charge is -2.13. The summed E-state index contributed by atoms with van der Waals surface area (Å²) < 4.78 is 12.7. The van der Waals surface area contributed by atoms with E-state index >= 15 is 0 Å². The standard InChI is InChI=1S/C23H23NO3S2/c1-28-23-24-22(25)21(29-23)14-16-6-10-18(11-7-16)26-15-17-8-12-20(13-9-17)27-19-4-2-3-5-19/h6-14,19H,2-5,15H2,1H3/b21-14-. The van der Waals surface area contributed by atoms with Gasteiger partial charge in [0, 0.05) is 0 Å². The number of hydrogen-bond acceptors (Lipinski definition) is 5. The first kappa shape index (κ1) is 20.1. The molecule has 4 rings (SSSR count). The molecule has 2 aliphatic rings. The summed E-state index contributed by atoms with van der Waals surface area (Å²) >= 11 is 2.91. The maximum atomic E-state index is 11.9. The van der Waals surface area contributed by atoms with Gasteiger partial charge in [0.1, 0.15) is 22.5 Å². The van der Waals surface area contributed by atoms with E-state index in [4.69, 9.17) is 9.47 Å². The van der Waals surface area contributed by atoms with Gasteiger partial charge in [-0.1, -0.05) is 36.0 Å². The van der Waals surface area contributed by atoms with E-state index in [0.717, 1.165) is 39.8 Å². The molecule has 1 amide bonds. The Morgan fingerprint density at radius 3 is 2.41 bits per heavy atom. The SMILES string of the molecule is CSC1=NC(=O)/C(=C/c2ccc(OCc3ccc(OC4CCCC4)cc3)cc2)S1. The van der Waals surface area contributed by atoms with Crippen LogP contribution >= 0.6 is 23.5 Å². The predicted octanol–water partition coefficient (Wildman–Crippen LogP) is 5.92. The number of ether oxygens (including phenoxy) is 2. The number of amides is 1. The fourth-order valence-electron chi connectivity index (χ4n) is 3.32. The van der Waals surface area contributed by atoms with Crippen molar-refractivity contribution in [2.24, 2.45) is 4.99 Å². The highest BCUT2D eigenvalue weighted by Crippen LogP contribution is 2.33. The van der Waals surface area contributed by atoms with Crippen LogP contribution in [0.2, 0.25) is 0 Å². The van der Waals surface area contributed by atoms with Gasteiger partial charge in [0.05, 0.1) is 11.0 Å². The lowest BCUT2D eigenvalue weighted by atomic mass is 10.2. The molecule has 1 saturated carbocycles. The van der Waals surface area contributed by atoms with Gasteiger partial charge in [0.15, 0.2) is 0 Å². The average Bonchev–Trinajstić information content (AvgIpc) is 3.38. The maximum Gasteiger partial charge on any atom is 0.285 e. The molecule has 150 valence electrons. The molecule has 1 aliphatic heterocycles. The largest absolute Gasteiger partial charge is 0.490 e. The van der Waals surface area contributed by atoms with Gasteiger partial charge >= 0.3 is 0 Å². The van der Waals surface area contributed by atoms with E-state index in [2.05, 4.69) is 17.1 Å². The molecule has 29 heavy (non-hydrogen) atoms. The van der Waals surface area contributed by atoms with E-state index in [9.17, 15) is 4.79 Å². The molecule has 0 aromatic heterocycles. The summed E-state index contributed by atoms with van der Waals surface area (Å²) in [6.45, 7) is 0.503. The van der Waals surface area contributed by atoms with Crippen LogP contribution in [0.5, 0.6) is 11.5 Å². The van der Waals surface area contributed by atoms with Crippen molar-refractivity contribution in [1.82, 2.24) is 0 Å². The fraction of sp³-hybridized carbons (Fsp3) is 0.304. The van der Waals surface area contributed by atoms with Crippen molar-refractivity contribution in [1.29, 1.82) is 0 Å². The third-order valence-corrected chi connectivity index (χ3v) is 6.86. The Morgan fingerprint density at radius 2 is 1.76 bits per heavy atom. The number of carbonyl (C=O) groups is 1. The topological polar surface area (TPSA) is 47.9 Å². The normalized spacial score (nSPS) is 18.3. The summed E-state index contributed by atoms with van der Waals surface area (Å²) in [5.74, 6) is 1.57. The molecule has 0 radical (unpaired) electrons. The number of hydrogen-bond donors (Lipinski definition) is 0. The minimum atomic E-state index is -0.167. The van der Waals surface area contributed by atoms with Crippen LogP contribution in [0.3, 0.4) is 0 Å². The Bertz CT molecular complexity index is 914. The lowest BCUT2D eigenvalue weighted by Crippen LogP contribution is -2.10. The van der Waals surface area contributed by atoms with Crippen LogP contribution in [0.25, 0.3) is 6.08 Å². The van der Waals surface area contributed by atoms with Crippen LogP contribution in [0, 0.1) is 0 Å². The number of rotatable bonds is 6. The minimum Gasteiger partial charge on any atom is -0.490 e. The van der Waals surface area contributed by atoms with Gasteiger partial charge in [-0.25, -0.2) is 0 Å². The molecule has 6 heteroatoms. The van der Waals surface area contributed by atoms with Gasteiger partial charge in [-0.2, -0.15) is 4.99 Å². The molecular weight excluding hydrogens is 402 g/mol. The van der Waals surface area contributed by atoms with Crippen LogP contribution in [-0.4, -0.2) is 22.6 Å². The zero-order chi connectivity index (χ0) is 20.1. The molecule has 0 bridgehead atoms. The monoisotopic (exact) mass is 425 g/mol. The third-order valence-electron chi connectivity index (χ3n) is 4.89. The van der Waals surface area contributed by atoms with Crippen LogP contribution < -0.4 is 9.47 Å². The first-order valence-corrected chi connectivity index (χ1v) is 11.8. The van der Waals surface area contributed by atoms with Gasteiger partial charge in [-0.3, -0.25) is 4.79 Å². The summed E-state index contributed by atoms with van der Waals surface area (Å²) in [5, 5.41) is 0. The summed E-state index contributed by atoms with van der Waals surface area (Å²) in [6, 6.07) is 15.9. The molecule has 0 atom stereocenters. The first-order chi connectivity index (χ1) is 14.2. The van der Waals surface area contributed by atoms with E-state index in [1.54, 1.807) is 0 Å². The van der Waals surface area contributed by atoms with E-state index in [1.165, 1.54) is 36.4 Å². The molecule has 1 fully saturated rings. The summed E-state index contributed by atoms with van der Waals surface area (Å²) in [5.41, 5.74) is 2.06. The Kier molecular flexibility index (Phi) is 6.62. The Labute approximate surface area is 179 Å². The van der Waals surface area contributed by atoms with Crippen molar-refractivity contribution in [3.8, 4) is 11.5 Å². The fourth-order valence-corrected chi connectivity index (χ4v) is 4.74. The second kappa shape index (κ2) is 9.55. The predicted molar refractivity (Wildman–Crippen MR) is 122 cm³/mol. The maximum absolute atomic E-state index is 11.9. The minimum absolute atomic E-state index is 0.167. The number of nitrogens with zero attached hydrogens (tertiary/aromatic N) is 1. The molecule has 1 heterocycles. The molecule has 2 aromatic rings. The highest BCUT2D eigenvalue weighted by Gasteiger charge is 2.20. The van der Waals surface area contributed by atoms with Gasteiger partial charge in [-0.15, -0.1) is 11.8 Å². The average molecular weight is 426 g/mol. The van der Waals surface area contributed by atoms with Gasteiger partial charge < -0.3 is 9.47 Å². The quantitative estimate of drug-likeness (QED) is 0.538. The summed E-state index contributed by atoms with van der Waals surface area (Å²) in [6.07, 6.45) is 9.04. The summed E-state index contributed by atoms with van der Waals surface area (Å²) in [7, 11) is 0. The van der Waals surface area contributed by atoms with Crippen LogP contribution in [0.15, 0.2) is 58.4 Å². The van der Waals surface area contributed by atoms with E-state index in [0.29, 0.717) is 17.6 Å². The summed E-state index contributed by atoms with van der Waals surface area (Å²) in [4.78, 5) is 16.5. The van der Waals surface area contributed by atoms with Crippen molar-refractivity contribution in [3.05, 3.63) is 64.6 Å². The molecular formula is C23H23NO3S2. The van der Waals surface area contributed by atoms with Crippen molar-refractivity contribution in [3.63, 3.8) is 0 Å². The number of aliphatic imine (C=N–C) groups is 1. The zero-order valence-electron chi connectivity index (χ0n) is 16.3. The number of thioether (sulfide) groups is 2. The molecule has 4 nitrogen and oxygen atoms in total. The third kappa shape index (κ3) is 5.46. The smallest absolute Gasteiger partial charge is 0.285 e. The molecule has 0 saturated heterocycles. The van der Waals surface area contributed by atoms with E-state index in [-0.39, 0.29) is 5.91 Å². The Balaban J connectivity index is 1.29. The lowest BCUT2D eigenvalue weighted by molar-refractivity contribution is -0.113. The molecule has 0 N–H and O–H groups in total. The Morgan fingerprint density at radius 1 is 1.07 bits per heavy atom. The van der Waals surface area contributed by atoms with E-state index in [1.807, 2.05) is 48.7 Å². The van der Waals surface area contributed by atoms with Crippen LogP contribution in [0.4, 0.5) is 0 Å². The molecule has 0 spiro atoms. The first-order valence-electron chi connectivity index (χ1n) is 9.74. The second-order valence-electron chi connectivity index (χ2n) is 7.02. The van der Waals surface area contributed by atoms with Gasteiger partial charge in [0.2, 0.25) is 0 Å². The van der Waals surface area contributed by atoms with Crippen molar-refractivity contribution in [2.45, 2.75) is 38.4 Å². The van der Waals surface area contributed by atoms with Gasteiger partial charge in [-0.05, 0) is 73.4 Å². The highest BCUT2D eigenvalue weighted by atomic mass is 32.2. The number of carbonyl (C=O) groups excluding carboxylic acids is 1. The van der Waals surface area contributed by atoms with E-state index < -0.39 is 0 Å². The zero-order valence-corrected chi connectivity index (χ0v) is 17.9. The Hall–Kier alpha value is -2.18. The molecule has 2 aromatic carbocycles. The van der Waals surface area contributed by atoms with Crippen LogP contribution in [-0.2, 0) is 11.4 Å². The van der Waals surface area contributed by atoms with Crippen LogP contribution in [0.1, 0.15) is 36.8 Å². The highest BCUT2D eigenvalue weighted by molar-refractivity contribution is 8.40. The van der Waals surface area contributed by atoms with Crippen molar-refractivity contribution in [2.75, 3.05) is 6.26 Å². The van der Waals surface area contributed by atoms with Crippen molar-refractivity contribution >= 4 is 39.9 Å².